The maximum absolute atomic E-state index is 5.80. The molecule has 0 saturated carbocycles. The Labute approximate surface area is 181 Å². The molecule has 0 saturated heterocycles. The lowest BCUT2D eigenvalue weighted by atomic mass is 9.89. The lowest BCUT2D eigenvalue weighted by Gasteiger charge is -2.22. The second kappa shape index (κ2) is 10.8. The first-order valence-corrected chi connectivity index (χ1v) is 11.6. The molecule has 0 amide bonds. The number of benzene rings is 1. The molecule has 1 atom stereocenters. The van der Waals surface area contributed by atoms with Crippen molar-refractivity contribution in [1.82, 2.24) is 9.97 Å². The fourth-order valence-electron chi connectivity index (χ4n) is 4.16. The third kappa shape index (κ3) is 4.94. The molecular formula is C25H37N3O2. The zero-order valence-electron chi connectivity index (χ0n) is 19.3. The van der Waals surface area contributed by atoms with Gasteiger partial charge in [-0.25, -0.2) is 9.97 Å². The van der Waals surface area contributed by atoms with Crippen LogP contribution in [0.3, 0.4) is 0 Å². The van der Waals surface area contributed by atoms with E-state index in [4.69, 9.17) is 19.4 Å². The molecule has 0 fully saturated rings. The van der Waals surface area contributed by atoms with Crippen molar-refractivity contribution in [2.75, 3.05) is 25.6 Å². The van der Waals surface area contributed by atoms with Gasteiger partial charge in [0, 0.05) is 12.2 Å². The molecule has 5 nitrogen and oxygen atoms in total. The van der Waals surface area contributed by atoms with Gasteiger partial charge in [-0.2, -0.15) is 0 Å². The van der Waals surface area contributed by atoms with Gasteiger partial charge in [-0.05, 0) is 75.1 Å². The van der Waals surface area contributed by atoms with Crippen LogP contribution in [0.2, 0.25) is 0 Å². The quantitative estimate of drug-likeness (QED) is 0.569. The van der Waals surface area contributed by atoms with Gasteiger partial charge in [-0.15, -0.1) is 0 Å². The second-order valence-electron chi connectivity index (χ2n) is 7.96. The predicted molar refractivity (Wildman–Crippen MR) is 124 cm³/mol. The van der Waals surface area contributed by atoms with E-state index in [9.17, 15) is 0 Å². The lowest BCUT2D eigenvalue weighted by molar-refractivity contribution is 0.136. The fourth-order valence-corrected chi connectivity index (χ4v) is 4.16. The van der Waals surface area contributed by atoms with Crippen LogP contribution in [-0.2, 0) is 30.4 Å². The van der Waals surface area contributed by atoms with Crippen LogP contribution in [-0.4, -0.2) is 36.3 Å². The number of hydrogen-bond donors (Lipinski definition) is 1. The number of aromatic nitrogens is 2. The van der Waals surface area contributed by atoms with E-state index in [2.05, 4.69) is 38.2 Å². The highest BCUT2D eigenvalue weighted by molar-refractivity contribution is 5.72. The van der Waals surface area contributed by atoms with Crippen LogP contribution in [0.4, 0.5) is 5.82 Å². The SMILES string of the molecule is CCOC[C@H](CC)Nc1nc(CC)c(-c2cc3c(cc2OC)CCCC3)nc1CC. The second-order valence-corrected chi connectivity index (χ2v) is 7.96. The number of rotatable bonds is 10. The van der Waals surface area contributed by atoms with E-state index >= 15 is 0 Å². The van der Waals surface area contributed by atoms with Crippen LogP contribution in [0.15, 0.2) is 12.1 Å². The highest BCUT2D eigenvalue weighted by Gasteiger charge is 2.21. The molecule has 5 heteroatoms. The molecule has 0 aliphatic heterocycles. The Balaban J connectivity index is 2.04. The Morgan fingerprint density at radius 1 is 0.967 bits per heavy atom. The van der Waals surface area contributed by atoms with Gasteiger partial charge >= 0.3 is 0 Å². The number of aryl methyl sites for hydroxylation is 4. The van der Waals surface area contributed by atoms with Crippen LogP contribution >= 0.6 is 0 Å². The van der Waals surface area contributed by atoms with Crippen LogP contribution in [0, 0.1) is 0 Å². The Morgan fingerprint density at radius 3 is 2.27 bits per heavy atom. The molecular weight excluding hydrogens is 374 g/mol. The molecule has 0 bridgehead atoms. The molecule has 1 heterocycles. The van der Waals surface area contributed by atoms with E-state index in [1.54, 1.807) is 7.11 Å². The summed E-state index contributed by atoms with van der Waals surface area (Å²) in [7, 11) is 1.75. The first-order chi connectivity index (χ1) is 14.6. The Hall–Kier alpha value is -2.14. The maximum atomic E-state index is 5.80. The predicted octanol–water partition coefficient (Wildman–Crippen LogP) is 5.38. The number of ether oxygens (including phenoxy) is 2. The van der Waals surface area contributed by atoms with E-state index < -0.39 is 0 Å². The highest BCUT2D eigenvalue weighted by atomic mass is 16.5. The maximum Gasteiger partial charge on any atom is 0.148 e. The molecule has 2 aromatic rings. The van der Waals surface area contributed by atoms with Crippen LogP contribution in [0.25, 0.3) is 11.3 Å². The first kappa shape index (κ1) is 22.5. The number of nitrogens with zero attached hydrogens (tertiary/aromatic N) is 2. The normalized spacial score (nSPS) is 14.3. The first-order valence-electron chi connectivity index (χ1n) is 11.6. The van der Waals surface area contributed by atoms with E-state index in [1.807, 2.05) is 6.92 Å². The van der Waals surface area contributed by atoms with Gasteiger partial charge in [0.05, 0.1) is 36.8 Å². The van der Waals surface area contributed by atoms with E-state index in [0.717, 1.165) is 72.9 Å². The molecule has 1 aromatic carbocycles. The Morgan fingerprint density at radius 2 is 1.67 bits per heavy atom. The van der Waals surface area contributed by atoms with Gasteiger partial charge in [0.1, 0.15) is 11.6 Å². The Kier molecular flexibility index (Phi) is 8.08. The van der Waals surface area contributed by atoms with Gasteiger partial charge in [0.15, 0.2) is 0 Å². The van der Waals surface area contributed by atoms with E-state index in [0.29, 0.717) is 6.61 Å². The van der Waals surface area contributed by atoms with Gasteiger partial charge in [0.25, 0.3) is 0 Å². The summed E-state index contributed by atoms with van der Waals surface area (Å²) in [6, 6.07) is 4.75. The van der Waals surface area contributed by atoms with Gasteiger partial charge in [0.2, 0.25) is 0 Å². The molecule has 1 aliphatic carbocycles. The van der Waals surface area contributed by atoms with E-state index in [1.165, 1.54) is 24.0 Å². The zero-order chi connectivity index (χ0) is 21.5. The lowest BCUT2D eigenvalue weighted by Crippen LogP contribution is -2.26. The molecule has 30 heavy (non-hydrogen) atoms. The summed E-state index contributed by atoms with van der Waals surface area (Å²) in [6.45, 7) is 9.88. The van der Waals surface area contributed by atoms with Gasteiger partial charge < -0.3 is 14.8 Å². The van der Waals surface area contributed by atoms with Crippen molar-refractivity contribution < 1.29 is 9.47 Å². The average molecular weight is 412 g/mol. The molecule has 0 spiro atoms. The topological polar surface area (TPSA) is 56.3 Å². The minimum absolute atomic E-state index is 0.235. The molecule has 1 aliphatic rings. The van der Waals surface area contributed by atoms with Crippen molar-refractivity contribution in [3.8, 4) is 17.0 Å². The highest BCUT2D eigenvalue weighted by Crippen LogP contribution is 2.37. The zero-order valence-corrected chi connectivity index (χ0v) is 19.3. The summed E-state index contributed by atoms with van der Waals surface area (Å²) in [4.78, 5) is 10.1. The fraction of sp³-hybridized carbons (Fsp3) is 0.600. The molecule has 3 rings (SSSR count). The number of hydrogen-bond acceptors (Lipinski definition) is 5. The smallest absolute Gasteiger partial charge is 0.148 e. The Bertz CT molecular complexity index is 851. The molecule has 0 radical (unpaired) electrons. The summed E-state index contributed by atoms with van der Waals surface area (Å²) in [6.07, 6.45) is 7.42. The molecule has 0 unspecified atom stereocenters. The third-order valence-corrected chi connectivity index (χ3v) is 5.99. The summed E-state index contributed by atoms with van der Waals surface area (Å²) < 4.78 is 11.4. The molecule has 1 N–H and O–H groups in total. The summed E-state index contributed by atoms with van der Waals surface area (Å²) in [5, 5.41) is 3.59. The summed E-state index contributed by atoms with van der Waals surface area (Å²) in [5.41, 5.74) is 6.90. The number of anilines is 1. The summed E-state index contributed by atoms with van der Waals surface area (Å²) in [5.74, 6) is 1.80. The van der Waals surface area contributed by atoms with Gasteiger partial charge in [-0.1, -0.05) is 20.8 Å². The van der Waals surface area contributed by atoms with Crippen LogP contribution in [0.1, 0.15) is 69.5 Å². The van der Waals surface area contributed by atoms with Crippen LogP contribution < -0.4 is 10.1 Å². The third-order valence-electron chi connectivity index (χ3n) is 5.99. The van der Waals surface area contributed by atoms with Gasteiger partial charge in [-0.3, -0.25) is 0 Å². The minimum atomic E-state index is 0.235. The van der Waals surface area contributed by atoms with Crippen molar-refractivity contribution in [1.29, 1.82) is 0 Å². The molecule has 164 valence electrons. The van der Waals surface area contributed by atoms with Crippen molar-refractivity contribution >= 4 is 5.82 Å². The van der Waals surface area contributed by atoms with Crippen molar-refractivity contribution in [2.45, 2.75) is 78.7 Å². The number of fused-ring (bicyclic) bond motifs is 1. The average Bonchev–Trinajstić information content (AvgIpc) is 2.80. The van der Waals surface area contributed by atoms with Crippen LogP contribution in [0.5, 0.6) is 5.75 Å². The minimum Gasteiger partial charge on any atom is -0.496 e. The number of nitrogens with one attached hydrogen (secondary N) is 1. The summed E-state index contributed by atoms with van der Waals surface area (Å²) >= 11 is 0. The van der Waals surface area contributed by atoms with Crippen molar-refractivity contribution in [2.24, 2.45) is 0 Å². The van der Waals surface area contributed by atoms with Crippen molar-refractivity contribution in [3.05, 3.63) is 34.6 Å². The number of methoxy groups -OCH3 is 1. The monoisotopic (exact) mass is 411 g/mol. The van der Waals surface area contributed by atoms with Crippen molar-refractivity contribution in [3.63, 3.8) is 0 Å². The molecule has 1 aromatic heterocycles. The van der Waals surface area contributed by atoms with E-state index in [-0.39, 0.29) is 6.04 Å². The standard InChI is InChI=1S/C25H37N3O2/c1-6-19(16-30-9-4)26-25-22(8-3)27-24(21(7-2)28-25)20-14-17-12-10-11-13-18(17)15-23(20)29-5/h14-15,19H,6-13,16H2,1-5H3,(H,26,28)/t19-/m0/s1. The largest absolute Gasteiger partial charge is 0.496 e.